The molecule has 22 heavy (non-hydrogen) atoms. The highest BCUT2D eigenvalue weighted by atomic mass is 79.9. The molecule has 0 bridgehead atoms. The first-order valence-electron chi connectivity index (χ1n) is 7.82. The third-order valence-corrected chi connectivity index (χ3v) is 3.66. The maximum Gasteiger partial charge on any atom is 0.169 e. The van der Waals surface area contributed by atoms with E-state index in [1.807, 2.05) is 0 Å². The van der Waals surface area contributed by atoms with Gasteiger partial charge in [0.1, 0.15) is 13.1 Å². The Hall–Kier alpha value is -0.740. The SMILES string of the molecule is CCCC[n+]1ccc(-c2cc[n+](CCCC)cc2)cc1.[Br-].[Br-]. The van der Waals surface area contributed by atoms with Crippen LogP contribution in [0.4, 0.5) is 0 Å². The molecule has 0 radical (unpaired) electrons. The number of hydrogen-bond acceptors (Lipinski definition) is 0. The molecule has 0 saturated heterocycles. The van der Waals surface area contributed by atoms with Gasteiger partial charge < -0.3 is 34.0 Å². The minimum absolute atomic E-state index is 0. The van der Waals surface area contributed by atoms with Crippen LogP contribution in [0, 0.1) is 0 Å². The number of hydrogen-bond donors (Lipinski definition) is 0. The highest BCUT2D eigenvalue weighted by Crippen LogP contribution is 2.15. The van der Waals surface area contributed by atoms with Crippen LogP contribution in [-0.4, -0.2) is 0 Å². The second-order valence-electron chi connectivity index (χ2n) is 5.36. The lowest BCUT2D eigenvalue weighted by Crippen LogP contribution is -3.00. The number of aryl methyl sites for hydroxylation is 2. The number of rotatable bonds is 7. The lowest BCUT2D eigenvalue weighted by Gasteiger charge is -2.01. The predicted octanol–water partition coefficient (Wildman–Crippen LogP) is -2.46. The van der Waals surface area contributed by atoms with Crippen molar-refractivity contribution in [1.29, 1.82) is 0 Å². The van der Waals surface area contributed by atoms with Crippen molar-refractivity contribution in [1.82, 2.24) is 0 Å². The van der Waals surface area contributed by atoms with E-state index >= 15 is 0 Å². The molecular formula is C18H26Br2N2. The molecule has 0 atom stereocenters. The Morgan fingerprint density at radius 1 is 0.636 bits per heavy atom. The Bertz CT molecular complexity index is 460. The molecule has 0 aliphatic rings. The van der Waals surface area contributed by atoms with Gasteiger partial charge >= 0.3 is 0 Å². The minimum atomic E-state index is 0. The van der Waals surface area contributed by atoms with E-state index < -0.39 is 0 Å². The van der Waals surface area contributed by atoms with Crippen LogP contribution in [-0.2, 0) is 13.1 Å². The molecule has 0 unspecified atom stereocenters. The van der Waals surface area contributed by atoms with Crippen LogP contribution in [0.1, 0.15) is 39.5 Å². The molecular weight excluding hydrogens is 404 g/mol. The molecule has 2 heterocycles. The van der Waals surface area contributed by atoms with E-state index in [1.54, 1.807) is 0 Å². The van der Waals surface area contributed by atoms with Gasteiger partial charge in [0.15, 0.2) is 24.8 Å². The van der Waals surface area contributed by atoms with E-state index in [9.17, 15) is 0 Å². The summed E-state index contributed by atoms with van der Waals surface area (Å²) in [7, 11) is 0. The molecule has 0 aliphatic heterocycles. The minimum Gasteiger partial charge on any atom is -1.00 e. The molecule has 0 fully saturated rings. The number of halogens is 2. The van der Waals surface area contributed by atoms with Crippen LogP contribution in [0.25, 0.3) is 11.1 Å². The first-order chi connectivity index (χ1) is 9.83. The number of aromatic nitrogens is 2. The summed E-state index contributed by atoms with van der Waals surface area (Å²) >= 11 is 0. The largest absolute Gasteiger partial charge is 1.00 e. The Morgan fingerprint density at radius 2 is 0.955 bits per heavy atom. The zero-order valence-corrected chi connectivity index (χ0v) is 16.7. The third kappa shape index (κ3) is 6.57. The predicted molar refractivity (Wildman–Crippen MR) is 82.1 cm³/mol. The molecule has 0 aromatic carbocycles. The van der Waals surface area contributed by atoms with Crippen molar-refractivity contribution < 1.29 is 43.1 Å². The molecule has 2 aromatic heterocycles. The highest BCUT2D eigenvalue weighted by molar-refractivity contribution is 5.60. The van der Waals surface area contributed by atoms with Gasteiger partial charge in [-0.15, -0.1) is 0 Å². The summed E-state index contributed by atoms with van der Waals surface area (Å²) in [6.07, 6.45) is 13.7. The summed E-state index contributed by atoms with van der Waals surface area (Å²) in [4.78, 5) is 0. The molecule has 2 aromatic rings. The molecule has 2 nitrogen and oxygen atoms in total. The number of pyridine rings is 2. The van der Waals surface area contributed by atoms with Crippen LogP contribution in [0.3, 0.4) is 0 Å². The fourth-order valence-corrected chi connectivity index (χ4v) is 2.28. The van der Waals surface area contributed by atoms with Crippen molar-refractivity contribution in [3.8, 4) is 11.1 Å². The smallest absolute Gasteiger partial charge is 0.169 e. The fourth-order valence-electron chi connectivity index (χ4n) is 2.28. The van der Waals surface area contributed by atoms with Crippen molar-refractivity contribution in [2.75, 3.05) is 0 Å². The quantitative estimate of drug-likeness (QED) is 0.431. The van der Waals surface area contributed by atoms with Gasteiger partial charge in [-0.1, -0.05) is 26.7 Å². The van der Waals surface area contributed by atoms with E-state index in [0.717, 1.165) is 13.1 Å². The lowest BCUT2D eigenvalue weighted by molar-refractivity contribution is -0.697. The van der Waals surface area contributed by atoms with Crippen LogP contribution in [0.15, 0.2) is 49.1 Å². The molecule has 0 amide bonds. The van der Waals surface area contributed by atoms with Gasteiger partial charge in [0.25, 0.3) is 0 Å². The second-order valence-corrected chi connectivity index (χ2v) is 5.36. The van der Waals surface area contributed by atoms with E-state index in [1.165, 1.54) is 36.8 Å². The zero-order chi connectivity index (χ0) is 14.2. The van der Waals surface area contributed by atoms with Gasteiger partial charge in [0.2, 0.25) is 0 Å². The molecule has 0 aliphatic carbocycles. The van der Waals surface area contributed by atoms with E-state index in [0.29, 0.717) is 0 Å². The summed E-state index contributed by atoms with van der Waals surface area (Å²) in [5, 5.41) is 0. The van der Waals surface area contributed by atoms with Gasteiger partial charge in [-0.3, -0.25) is 0 Å². The van der Waals surface area contributed by atoms with Gasteiger partial charge in [0.05, 0.1) is 0 Å². The Morgan fingerprint density at radius 3 is 1.23 bits per heavy atom. The zero-order valence-electron chi connectivity index (χ0n) is 13.5. The van der Waals surface area contributed by atoms with Crippen LogP contribution < -0.4 is 43.1 Å². The summed E-state index contributed by atoms with van der Waals surface area (Å²) < 4.78 is 4.52. The Labute approximate surface area is 155 Å². The van der Waals surface area contributed by atoms with Gasteiger partial charge in [-0.2, -0.15) is 0 Å². The summed E-state index contributed by atoms with van der Waals surface area (Å²) in [6.45, 7) is 6.69. The summed E-state index contributed by atoms with van der Waals surface area (Å²) in [5.41, 5.74) is 2.58. The average Bonchev–Trinajstić information content (AvgIpc) is 2.52. The molecule has 4 heteroatoms. The van der Waals surface area contributed by atoms with Gasteiger partial charge in [-0.25, -0.2) is 9.13 Å². The monoisotopic (exact) mass is 428 g/mol. The number of nitrogens with zero attached hydrogens (tertiary/aromatic N) is 2. The Kier molecular flexibility index (Phi) is 11.4. The van der Waals surface area contributed by atoms with Crippen LogP contribution in [0.5, 0.6) is 0 Å². The number of unbranched alkanes of at least 4 members (excludes halogenated alkanes) is 2. The van der Waals surface area contributed by atoms with E-state index in [2.05, 4.69) is 72.0 Å². The Balaban J connectivity index is 0.00000220. The lowest BCUT2D eigenvalue weighted by atomic mass is 10.1. The molecule has 0 saturated carbocycles. The van der Waals surface area contributed by atoms with Crippen molar-refractivity contribution in [2.24, 2.45) is 0 Å². The molecule has 0 spiro atoms. The maximum atomic E-state index is 2.26. The van der Waals surface area contributed by atoms with Crippen molar-refractivity contribution in [2.45, 2.75) is 52.6 Å². The fraction of sp³-hybridized carbons (Fsp3) is 0.444. The maximum absolute atomic E-state index is 2.26. The van der Waals surface area contributed by atoms with Gasteiger partial charge in [-0.05, 0) is 11.1 Å². The summed E-state index contributed by atoms with van der Waals surface area (Å²) in [6, 6.07) is 8.84. The summed E-state index contributed by atoms with van der Waals surface area (Å²) in [5.74, 6) is 0. The van der Waals surface area contributed by atoms with Crippen molar-refractivity contribution in [3.63, 3.8) is 0 Å². The van der Waals surface area contributed by atoms with Crippen molar-refractivity contribution >= 4 is 0 Å². The molecule has 2 rings (SSSR count). The first-order valence-corrected chi connectivity index (χ1v) is 7.82. The normalized spacial score (nSPS) is 9.73. The highest BCUT2D eigenvalue weighted by Gasteiger charge is 2.05. The van der Waals surface area contributed by atoms with Crippen LogP contribution in [0.2, 0.25) is 0 Å². The topological polar surface area (TPSA) is 7.76 Å². The molecule has 0 N–H and O–H groups in total. The van der Waals surface area contributed by atoms with E-state index in [-0.39, 0.29) is 34.0 Å². The van der Waals surface area contributed by atoms with Crippen molar-refractivity contribution in [3.05, 3.63) is 49.1 Å². The third-order valence-electron chi connectivity index (χ3n) is 3.66. The average molecular weight is 430 g/mol. The van der Waals surface area contributed by atoms with Gasteiger partial charge in [0, 0.05) is 37.1 Å². The first kappa shape index (κ1) is 21.3. The van der Waals surface area contributed by atoms with Crippen LogP contribution >= 0.6 is 0 Å². The van der Waals surface area contributed by atoms with E-state index in [4.69, 9.17) is 0 Å². The standard InChI is InChI=1S/C18H26N2.2BrH/c1-3-5-11-19-13-7-17(8-14-19)18-9-15-20(16-10-18)12-6-4-2;;/h7-10,13-16H,3-6,11-12H2,1-2H3;2*1H/q+2;;/p-2. The second kappa shape index (κ2) is 11.8. The molecule has 122 valence electrons.